The van der Waals surface area contributed by atoms with Crippen molar-refractivity contribution in [3.63, 3.8) is 0 Å². The van der Waals surface area contributed by atoms with Crippen LogP contribution in [-0.4, -0.2) is 58.5 Å². The van der Waals surface area contributed by atoms with Gasteiger partial charge in [0.2, 0.25) is 0 Å². The molecule has 0 spiro atoms. The Bertz CT molecular complexity index is 593. The van der Waals surface area contributed by atoms with Crippen molar-refractivity contribution >= 4 is 11.2 Å². The molecule has 1 aromatic rings. The first kappa shape index (κ1) is 18.4. The van der Waals surface area contributed by atoms with Crippen LogP contribution in [0.1, 0.15) is 37.7 Å². The summed E-state index contributed by atoms with van der Waals surface area (Å²) in [6.07, 6.45) is 9.94. The first-order chi connectivity index (χ1) is 12.8. The quantitative estimate of drug-likeness (QED) is 0.742. The summed E-state index contributed by atoms with van der Waals surface area (Å²) in [4.78, 5) is 5.93. The van der Waals surface area contributed by atoms with Crippen LogP contribution in [0.2, 0.25) is 0 Å². The summed E-state index contributed by atoms with van der Waals surface area (Å²) in [6.45, 7) is 6.03. The fourth-order valence-electron chi connectivity index (χ4n) is 4.33. The van der Waals surface area contributed by atoms with Crippen LogP contribution < -0.4 is 0 Å². The van der Waals surface area contributed by atoms with E-state index in [2.05, 4.69) is 46.3 Å². The lowest BCUT2D eigenvalue weighted by Crippen LogP contribution is -2.46. The highest BCUT2D eigenvalue weighted by atomic mass is 32.2. The standard InChI is InChI=1S/C21H30N2O2S/c24-26(20-5-3-18(4-6-20)17-22-11-1-2-12-22)21-7-13-23(14-8-21)19-9-15-25-16-10-19/h1,3-6,11,19,21H,2,7-10,12-17H2. The smallest absolute Gasteiger partial charge is 0.152 e. The zero-order chi connectivity index (χ0) is 17.8. The molecule has 0 N–H and O–H groups in total. The fraction of sp³-hybridized carbons (Fsp3) is 0.619. The zero-order valence-electron chi connectivity index (χ0n) is 15.5. The number of piperidine rings is 1. The highest BCUT2D eigenvalue weighted by Gasteiger charge is 2.32. The second-order valence-corrected chi connectivity index (χ2v) is 9.40. The highest BCUT2D eigenvalue weighted by molar-refractivity contribution is 7.92. The lowest BCUT2D eigenvalue weighted by atomic mass is 10.0. The summed E-state index contributed by atoms with van der Waals surface area (Å²) in [7, 11) is 0. The third-order valence-electron chi connectivity index (χ3n) is 5.93. The predicted molar refractivity (Wildman–Crippen MR) is 105 cm³/mol. The maximum absolute atomic E-state index is 13.0. The van der Waals surface area contributed by atoms with Gasteiger partial charge in [-0.25, -0.2) is 0 Å². The van der Waals surface area contributed by atoms with Gasteiger partial charge in [-0.1, -0.05) is 18.2 Å². The van der Waals surface area contributed by atoms with Crippen LogP contribution >= 0.6 is 0 Å². The van der Waals surface area contributed by atoms with Crippen molar-refractivity contribution in [2.24, 2.45) is 0 Å². The summed E-state index contributed by atoms with van der Waals surface area (Å²) in [5, 5.41) is 0.304. The van der Waals surface area contributed by atoms with Crippen molar-refractivity contribution in [1.82, 2.24) is 9.80 Å². The molecule has 3 aliphatic heterocycles. The van der Waals surface area contributed by atoms with Crippen LogP contribution in [0.4, 0.5) is 0 Å². The number of ether oxygens (including phenoxy) is 1. The maximum atomic E-state index is 13.0. The van der Waals surface area contributed by atoms with E-state index in [0.29, 0.717) is 11.3 Å². The second-order valence-electron chi connectivity index (χ2n) is 7.66. The lowest BCUT2D eigenvalue weighted by molar-refractivity contribution is 0.0277. The SMILES string of the molecule is [O-][S+](c1ccc(CN2C=CCC2)cc1)C1CCN(C2CCOCC2)CC1. The summed E-state index contributed by atoms with van der Waals surface area (Å²) < 4.78 is 18.5. The van der Waals surface area contributed by atoms with Gasteiger partial charge in [-0.3, -0.25) is 4.90 Å². The van der Waals surface area contributed by atoms with Crippen LogP contribution in [0.3, 0.4) is 0 Å². The van der Waals surface area contributed by atoms with Crippen LogP contribution in [-0.2, 0) is 22.5 Å². The van der Waals surface area contributed by atoms with Crippen LogP contribution in [0.5, 0.6) is 0 Å². The average Bonchev–Trinajstić information content (AvgIpc) is 3.22. The number of benzene rings is 1. The molecule has 0 aliphatic carbocycles. The first-order valence-corrected chi connectivity index (χ1v) is 11.2. The van der Waals surface area contributed by atoms with E-state index in [-0.39, 0.29) is 0 Å². The average molecular weight is 375 g/mol. The van der Waals surface area contributed by atoms with E-state index in [0.717, 1.165) is 76.4 Å². The molecule has 4 rings (SSSR count). The Labute approximate surface area is 160 Å². The van der Waals surface area contributed by atoms with Gasteiger partial charge in [0.05, 0.1) is 0 Å². The van der Waals surface area contributed by atoms with E-state index in [1.807, 2.05) is 0 Å². The van der Waals surface area contributed by atoms with E-state index >= 15 is 0 Å². The van der Waals surface area contributed by atoms with E-state index in [1.54, 1.807) is 0 Å². The minimum Gasteiger partial charge on any atom is -0.611 e. The number of nitrogens with zero attached hydrogens (tertiary/aromatic N) is 2. The molecule has 1 unspecified atom stereocenters. The Morgan fingerprint density at radius 1 is 1.00 bits per heavy atom. The van der Waals surface area contributed by atoms with E-state index < -0.39 is 11.2 Å². The molecule has 5 heteroatoms. The zero-order valence-corrected chi connectivity index (χ0v) is 16.3. The van der Waals surface area contributed by atoms with Gasteiger partial charge in [0.15, 0.2) is 4.90 Å². The lowest BCUT2D eigenvalue weighted by Gasteiger charge is -2.39. The van der Waals surface area contributed by atoms with Crippen molar-refractivity contribution < 1.29 is 9.29 Å². The third kappa shape index (κ3) is 4.45. The molecule has 3 heterocycles. The van der Waals surface area contributed by atoms with Crippen molar-refractivity contribution in [3.8, 4) is 0 Å². The van der Waals surface area contributed by atoms with Crippen LogP contribution in [0.25, 0.3) is 0 Å². The van der Waals surface area contributed by atoms with Crippen LogP contribution in [0.15, 0.2) is 41.4 Å². The van der Waals surface area contributed by atoms with Gasteiger partial charge < -0.3 is 14.2 Å². The molecular formula is C21H30N2O2S. The molecule has 0 aromatic heterocycles. The Morgan fingerprint density at radius 2 is 1.73 bits per heavy atom. The molecule has 0 amide bonds. The summed E-state index contributed by atoms with van der Waals surface area (Å²) in [5.74, 6) is 0. The molecule has 4 nitrogen and oxygen atoms in total. The summed E-state index contributed by atoms with van der Waals surface area (Å²) >= 11 is -0.881. The largest absolute Gasteiger partial charge is 0.611 e. The van der Waals surface area contributed by atoms with Crippen LogP contribution in [0, 0.1) is 0 Å². The Kier molecular flexibility index (Phi) is 6.20. The van der Waals surface area contributed by atoms with Gasteiger partial charge in [-0.2, -0.15) is 0 Å². The molecule has 26 heavy (non-hydrogen) atoms. The minimum atomic E-state index is -0.881. The Morgan fingerprint density at radius 3 is 2.38 bits per heavy atom. The first-order valence-electron chi connectivity index (χ1n) is 10.0. The van der Waals surface area contributed by atoms with Gasteiger partial charge in [-0.05, 0) is 54.3 Å². The molecule has 142 valence electrons. The van der Waals surface area contributed by atoms with Gasteiger partial charge in [0.1, 0.15) is 5.25 Å². The fourth-order valence-corrected chi connectivity index (χ4v) is 5.76. The number of hydrogen-bond acceptors (Lipinski definition) is 4. The predicted octanol–water partition coefficient (Wildman–Crippen LogP) is 3.16. The third-order valence-corrected chi connectivity index (χ3v) is 7.74. The summed E-state index contributed by atoms with van der Waals surface area (Å²) in [6, 6.07) is 9.14. The number of likely N-dealkylation sites (tertiary alicyclic amines) is 1. The van der Waals surface area contributed by atoms with Gasteiger partial charge >= 0.3 is 0 Å². The maximum Gasteiger partial charge on any atom is 0.152 e. The molecule has 0 radical (unpaired) electrons. The van der Waals surface area contributed by atoms with Gasteiger partial charge in [-0.15, -0.1) is 0 Å². The highest BCUT2D eigenvalue weighted by Crippen LogP contribution is 2.27. The van der Waals surface area contributed by atoms with Crippen molar-refractivity contribution in [2.45, 2.75) is 54.8 Å². The second kappa shape index (κ2) is 8.79. The number of hydrogen-bond donors (Lipinski definition) is 0. The van der Waals surface area contributed by atoms with Crippen molar-refractivity contribution in [3.05, 3.63) is 42.1 Å². The van der Waals surface area contributed by atoms with E-state index in [9.17, 15) is 4.55 Å². The normalized spacial score (nSPS) is 24.3. The van der Waals surface area contributed by atoms with Crippen molar-refractivity contribution in [1.29, 1.82) is 0 Å². The molecule has 1 atom stereocenters. The van der Waals surface area contributed by atoms with Gasteiger partial charge in [0.25, 0.3) is 0 Å². The monoisotopic (exact) mass is 374 g/mol. The molecule has 2 saturated heterocycles. The Balaban J connectivity index is 1.28. The topological polar surface area (TPSA) is 38.8 Å². The molecular weight excluding hydrogens is 344 g/mol. The van der Waals surface area contributed by atoms with Gasteiger partial charge in [0, 0.05) is 58.3 Å². The molecule has 2 fully saturated rings. The summed E-state index contributed by atoms with van der Waals surface area (Å²) in [5.41, 5.74) is 1.30. The molecule has 0 bridgehead atoms. The number of rotatable bonds is 5. The van der Waals surface area contributed by atoms with E-state index in [4.69, 9.17) is 4.74 Å². The molecule has 3 aliphatic rings. The van der Waals surface area contributed by atoms with Crippen molar-refractivity contribution in [2.75, 3.05) is 32.8 Å². The molecule has 0 saturated carbocycles. The molecule has 1 aromatic carbocycles. The minimum absolute atomic E-state index is 0.304. The Hall–Kier alpha value is -1.01. The van der Waals surface area contributed by atoms with E-state index in [1.165, 1.54) is 5.56 Å².